The molecule has 6 nitrogen and oxygen atoms in total. The fourth-order valence-corrected chi connectivity index (χ4v) is 5.36. The van der Waals surface area contributed by atoms with Gasteiger partial charge in [0.25, 0.3) is 7.94 Å². The normalized spacial score (nSPS) is 38.5. The van der Waals surface area contributed by atoms with E-state index in [1.165, 1.54) is 7.11 Å². The van der Waals surface area contributed by atoms with Crippen molar-refractivity contribution in [3.05, 3.63) is 35.9 Å². The Morgan fingerprint density at radius 3 is 2.58 bits per heavy atom. The van der Waals surface area contributed by atoms with E-state index in [-0.39, 0.29) is 24.1 Å². The van der Waals surface area contributed by atoms with Gasteiger partial charge in [0.1, 0.15) is 12.7 Å². The van der Waals surface area contributed by atoms with Crippen LogP contribution in [0.3, 0.4) is 0 Å². The summed E-state index contributed by atoms with van der Waals surface area (Å²) in [4.78, 5) is 13.0. The molecule has 0 amide bonds. The van der Waals surface area contributed by atoms with Gasteiger partial charge in [-0.05, 0) is 19.4 Å². The molecular formula is C16H22BrO6P. The summed E-state index contributed by atoms with van der Waals surface area (Å²) in [5, 5.41) is 0. The van der Waals surface area contributed by atoms with Crippen molar-refractivity contribution >= 4 is 23.9 Å². The number of benzene rings is 1. The number of fused-ring (bicyclic) bond motifs is 1. The zero-order chi connectivity index (χ0) is 17.4. The van der Waals surface area contributed by atoms with Crippen LogP contribution in [0.15, 0.2) is 30.3 Å². The van der Waals surface area contributed by atoms with Crippen LogP contribution >= 0.6 is 23.9 Å². The number of alkyl halides is 1. The second kappa shape index (κ2) is 7.25. The van der Waals surface area contributed by atoms with E-state index < -0.39 is 25.7 Å². The minimum Gasteiger partial charge on any atom is -0.629 e. The van der Waals surface area contributed by atoms with Crippen LogP contribution in [-0.2, 0) is 29.9 Å². The van der Waals surface area contributed by atoms with Gasteiger partial charge in [-0.3, -0.25) is 0 Å². The first kappa shape index (κ1) is 18.7. The largest absolute Gasteiger partial charge is 0.629 e. The molecule has 3 rings (SSSR count). The van der Waals surface area contributed by atoms with Crippen molar-refractivity contribution in [3.63, 3.8) is 0 Å². The number of hydrogen-bond donors (Lipinski definition) is 0. The van der Waals surface area contributed by atoms with Gasteiger partial charge in [-0.25, -0.2) is 9.05 Å². The molecule has 2 aliphatic heterocycles. The summed E-state index contributed by atoms with van der Waals surface area (Å²) >= 11 is 3.54. The second-order valence-electron chi connectivity index (χ2n) is 6.29. The predicted molar refractivity (Wildman–Crippen MR) is 91.4 cm³/mol. The Bertz CT molecular complexity index is 559. The van der Waals surface area contributed by atoms with E-state index in [1.807, 2.05) is 44.2 Å². The molecule has 2 saturated heterocycles. The average molecular weight is 421 g/mol. The van der Waals surface area contributed by atoms with Gasteiger partial charge in [-0.15, -0.1) is 0 Å². The third kappa shape index (κ3) is 3.84. The topological polar surface area (TPSA) is 69.2 Å². The van der Waals surface area contributed by atoms with E-state index in [0.717, 1.165) is 5.56 Å². The summed E-state index contributed by atoms with van der Waals surface area (Å²) in [5.74, 6) is -1.65. The molecule has 0 aromatic heterocycles. The molecular weight excluding hydrogens is 399 g/mol. The zero-order valence-electron chi connectivity index (χ0n) is 13.9. The van der Waals surface area contributed by atoms with Crippen molar-refractivity contribution in [1.82, 2.24) is 0 Å². The molecule has 2 fully saturated rings. The zero-order valence-corrected chi connectivity index (χ0v) is 16.4. The molecule has 0 bridgehead atoms. The SMILES string of the molecule is CO[P+]1([O-])OCC(Br)[C@@H]2OC(C)(C)O[C@H]2C1OCc1ccccc1. The molecule has 0 aliphatic carbocycles. The Morgan fingerprint density at radius 2 is 1.92 bits per heavy atom. The fraction of sp³-hybridized carbons (Fsp3) is 0.625. The molecule has 0 spiro atoms. The van der Waals surface area contributed by atoms with Gasteiger partial charge in [0, 0.05) is 0 Å². The van der Waals surface area contributed by atoms with Crippen LogP contribution in [0.5, 0.6) is 0 Å². The average Bonchev–Trinajstić information content (AvgIpc) is 2.85. The van der Waals surface area contributed by atoms with Crippen molar-refractivity contribution in [2.24, 2.45) is 0 Å². The first-order valence-electron chi connectivity index (χ1n) is 7.80. The van der Waals surface area contributed by atoms with Crippen LogP contribution in [0.2, 0.25) is 0 Å². The minimum absolute atomic E-state index is 0.168. The molecule has 1 aromatic rings. The monoisotopic (exact) mass is 420 g/mol. The highest BCUT2D eigenvalue weighted by molar-refractivity contribution is 9.09. The van der Waals surface area contributed by atoms with Gasteiger partial charge in [0.05, 0.1) is 18.5 Å². The molecule has 0 N–H and O–H groups in total. The lowest BCUT2D eigenvalue weighted by Crippen LogP contribution is -2.42. The Morgan fingerprint density at radius 1 is 1.25 bits per heavy atom. The van der Waals surface area contributed by atoms with Crippen LogP contribution < -0.4 is 4.89 Å². The predicted octanol–water partition coefficient (Wildman–Crippen LogP) is 2.61. The molecule has 8 heteroatoms. The molecule has 1 aromatic carbocycles. The van der Waals surface area contributed by atoms with E-state index in [4.69, 9.17) is 23.3 Å². The Labute approximate surface area is 151 Å². The minimum atomic E-state index is -3.51. The Balaban J connectivity index is 1.85. The smallest absolute Gasteiger partial charge is 0.269 e. The molecule has 5 atom stereocenters. The number of ether oxygens (including phenoxy) is 3. The Hall–Kier alpha value is -0.110. The molecule has 134 valence electrons. The van der Waals surface area contributed by atoms with Gasteiger partial charge in [-0.1, -0.05) is 46.3 Å². The molecule has 3 unspecified atom stereocenters. The second-order valence-corrected chi connectivity index (χ2v) is 9.67. The first-order chi connectivity index (χ1) is 11.3. The van der Waals surface area contributed by atoms with E-state index in [2.05, 4.69) is 15.9 Å². The van der Waals surface area contributed by atoms with Crippen molar-refractivity contribution < 1.29 is 28.2 Å². The standard InChI is InChI=1S/C16H22BrO6P/c1-16(2)22-13-12(17)10-21-24(18,19-3)15(14(13)23-16)20-9-11-7-5-4-6-8-11/h4-8,12-15H,9-10H2,1-3H3/t12?,13-,14+,15?,24?/m0/s1. The van der Waals surface area contributed by atoms with Crippen molar-refractivity contribution in [2.75, 3.05) is 13.7 Å². The maximum atomic E-state index is 13.1. The lowest BCUT2D eigenvalue weighted by Gasteiger charge is -2.34. The maximum absolute atomic E-state index is 13.1. The van der Waals surface area contributed by atoms with Gasteiger partial charge in [-0.2, -0.15) is 0 Å². The molecule has 2 aliphatic rings. The summed E-state index contributed by atoms with van der Waals surface area (Å²) < 4.78 is 28.7. The van der Waals surface area contributed by atoms with Crippen LogP contribution in [0.4, 0.5) is 0 Å². The van der Waals surface area contributed by atoms with Crippen molar-refractivity contribution in [2.45, 2.75) is 49.1 Å². The lowest BCUT2D eigenvalue weighted by atomic mass is 10.1. The maximum Gasteiger partial charge on any atom is 0.269 e. The molecule has 24 heavy (non-hydrogen) atoms. The third-order valence-electron chi connectivity index (χ3n) is 4.04. The molecule has 2 heterocycles. The Kier molecular flexibility index (Phi) is 5.64. The van der Waals surface area contributed by atoms with Gasteiger partial charge in [0.15, 0.2) is 11.9 Å². The van der Waals surface area contributed by atoms with Crippen molar-refractivity contribution in [1.29, 1.82) is 0 Å². The van der Waals surface area contributed by atoms with E-state index in [0.29, 0.717) is 0 Å². The van der Waals surface area contributed by atoms with Crippen LogP contribution in [0, 0.1) is 0 Å². The highest BCUT2D eigenvalue weighted by Crippen LogP contribution is 2.62. The van der Waals surface area contributed by atoms with Crippen molar-refractivity contribution in [3.8, 4) is 0 Å². The van der Waals surface area contributed by atoms with Gasteiger partial charge < -0.3 is 19.1 Å². The summed E-state index contributed by atoms with van der Waals surface area (Å²) in [6.45, 7) is 4.13. The van der Waals surface area contributed by atoms with Gasteiger partial charge in [0.2, 0.25) is 5.85 Å². The lowest BCUT2D eigenvalue weighted by molar-refractivity contribution is -0.236. The van der Waals surface area contributed by atoms with Crippen LogP contribution in [-0.4, -0.2) is 42.4 Å². The fourth-order valence-electron chi connectivity index (χ4n) is 2.94. The number of rotatable bonds is 4. The number of hydrogen-bond acceptors (Lipinski definition) is 6. The van der Waals surface area contributed by atoms with E-state index >= 15 is 0 Å². The van der Waals surface area contributed by atoms with E-state index in [1.54, 1.807) is 0 Å². The summed E-state index contributed by atoms with van der Waals surface area (Å²) in [6, 6.07) is 9.66. The molecule has 0 saturated carbocycles. The number of halogens is 1. The summed E-state index contributed by atoms with van der Waals surface area (Å²) in [5.41, 5.74) is 0.967. The van der Waals surface area contributed by atoms with E-state index in [9.17, 15) is 4.89 Å². The summed E-state index contributed by atoms with van der Waals surface area (Å²) in [7, 11) is -2.14. The summed E-state index contributed by atoms with van der Waals surface area (Å²) in [6.07, 6.45) is -0.895. The molecule has 0 radical (unpaired) electrons. The van der Waals surface area contributed by atoms with Crippen LogP contribution in [0.1, 0.15) is 19.4 Å². The third-order valence-corrected chi connectivity index (χ3v) is 6.91. The highest BCUT2D eigenvalue weighted by atomic mass is 79.9. The first-order valence-corrected chi connectivity index (χ1v) is 10.3. The van der Waals surface area contributed by atoms with Gasteiger partial charge >= 0.3 is 0 Å². The highest BCUT2D eigenvalue weighted by Gasteiger charge is 2.60. The van der Waals surface area contributed by atoms with Crippen LogP contribution in [0.25, 0.3) is 0 Å². The quantitative estimate of drug-likeness (QED) is 0.550.